The van der Waals surface area contributed by atoms with Gasteiger partial charge in [-0.05, 0) is 94.7 Å². The van der Waals surface area contributed by atoms with Crippen LogP contribution in [0.5, 0.6) is 0 Å². The Balaban J connectivity index is 1.48. The summed E-state index contributed by atoms with van der Waals surface area (Å²) in [4.78, 5) is 36.1. The van der Waals surface area contributed by atoms with Crippen molar-refractivity contribution >= 4 is 77.9 Å². The SMILES string of the molecule is CC(C)(C)OC(=O)Nc1sc2c(F)ccc(-c3c(C(F)(F)F)cc4c(N5C[C@H]6CC[C@@H](C5)N6C(=O)OC(C)(C)C)nc(F)nc4c3F)c2c1I. The third kappa shape index (κ3) is 6.86. The fourth-order valence-corrected chi connectivity index (χ4v) is 8.64. The van der Waals surface area contributed by atoms with Crippen LogP contribution in [0.25, 0.3) is 32.1 Å². The van der Waals surface area contributed by atoms with Crippen molar-refractivity contribution in [3.8, 4) is 11.1 Å². The van der Waals surface area contributed by atoms with Gasteiger partial charge in [-0.3, -0.25) is 10.2 Å². The van der Waals surface area contributed by atoms with Crippen molar-refractivity contribution in [2.75, 3.05) is 23.3 Å². The van der Waals surface area contributed by atoms with Gasteiger partial charge in [-0.2, -0.15) is 27.5 Å². The van der Waals surface area contributed by atoms with E-state index >= 15 is 13.2 Å². The lowest BCUT2D eigenvalue weighted by Crippen LogP contribution is -2.57. The Hall–Kier alpha value is -3.61. The largest absolute Gasteiger partial charge is 0.444 e. The zero-order valence-electron chi connectivity index (χ0n) is 27.7. The van der Waals surface area contributed by atoms with Gasteiger partial charge < -0.3 is 14.4 Å². The molecule has 268 valence electrons. The van der Waals surface area contributed by atoms with Gasteiger partial charge in [0.25, 0.3) is 0 Å². The van der Waals surface area contributed by atoms with Gasteiger partial charge in [0.1, 0.15) is 33.4 Å². The molecule has 0 radical (unpaired) electrons. The van der Waals surface area contributed by atoms with Gasteiger partial charge in [-0.15, -0.1) is 11.3 Å². The first-order chi connectivity index (χ1) is 23.1. The van der Waals surface area contributed by atoms with Crippen molar-refractivity contribution in [3.05, 3.63) is 45.0 Å². The second-order valence-corrected chi connectivity index (χ2v) is 16.3. The van der Waals surface area contributed by atoms with Crippen molar-refractivity contribution in [1.29, 1.82) is 0 Å². The van der Waals surface area contributed by atoms with Gasteiger partial charge in [0, 0.05) is 29.4 Å². The number of nitrogens with one attached hydrogen (secondary N) is 1. The molecule has 1 N–H and O–H groups in total. The molecule has 0 spiro atoms. The van der Waals surface area contributed by atoms with Gasteiger partial charge in [-0.1, -0.05) is 6.07 Å². The number of aromatic nitrogens is 2. The minimum atomic E-state index is -5.13. The zero-order chi connectivity index (χ0) is 36.7. The van der Waals surface area contributed by atoms with Crippen LogP contribution in [-0.4, -0.2) is 63.4 Å². The van der Waals surface area contributed by atoms with E-state index < -0.39 is 76.0 Å². The molecule has 4 aromatic rings. The number of rotatable bonds is 3. The average Bonchev–Trinajstić information content (AvgIpc) is 3.44. The van der Waals surface area contributed by atoms with Crippen molar-refractivity contribution in [2.45, 2.75) is 83.8 Å². The minimum absolute atomic E-state index is 0.0757. The number of carbonyl (C=O) groups is 2. The van der Waals surface area contributed by atoms with Crippen LogP contribution in [0, 0.1) is 21.3 Å². The van der Waals surface area contributed by atoms with Crippen molar-refractivity contribution in [3.63, 3.8) is 0 Å². The molecule has 2 aliphatic rings. The number of anilines is 2. The lowest BCUT2D eigenvalue weighted by atomic mass is 9.93. The average molecular weight is 836 g/mol. The van der Waals surface area contributed by atoms with E-state index in [2.05, 4.69) is 15.3 Å². The maximum atomic E-state index is 16.7. The normalized spacial score (nSPS) is 18.3. The first kappa shape index (κ1) is 36.2. The van der Waals surface area contributed by atoms with Gasteiger partial charge in [0.15, 0.2) is 5.82 Å². The summed E-state index contributed by atoms with van der Waals surface area (Å²) in [6.45, 7) is 10.3. The summed E-state index contributed by atoms with van der Waals surface area (Å²) in [6.07, 6.45) is -6.76. The van der Waals surface area contributed by atoms with E-state index in [0.717, 1.165) is 23.5 Å². The first-order valence-corrected chi connectivity index (χ1v) is 17.5. The number of halogens is 7. The molecular formula is C33H32F6IN5O4S. The summed E-state index contributed by atoms with van der Waals surface area (Å²) in [5.41, 5.74) is -5.04. The number of thiophene rings is 1. The number of amides is 2. The molecule has 2 atom stereocenters. The number of piperazine rings is 1. The number of nitrogens with zero attached hydrogens (tertiary/aromatic N) is 4. The van der Waals surface area contributed by atoms with Gasteiger partial charge in [0.05, 0.1) is 25.9 Å². The van der Waals surface area contributed by atoms with Crippen LogP contribution in [0.1, 0.15) is 59.9 Å². The molecule has 2 saturated heterocycles. The highest BCUT2D eigenvalue weighted by Gasteiger charge is 2.46. The Morgan fingerprint density at radius 2 is 1.58 bits per heavy atom. The van der Waals surface area contributed by atoms with Crippen LogP contribution in [-0.2, 0) is 15.7 Å². The molecule has 2 amide bonds. The summed E-state index contributed by atoms with van der Waals surface area (Å²) >= 11 is 2.48. The van der Waals surface area contributed by atoms with Crippen LogP contribution < -0.4 is 10.2 Å². The molecule has 2 aromatic heterocycles. The highest BCUT2D eigenvalue weighted by molar-refractivity contribution is 14.1. The topological polar surface area (TPSA) is 96.9 Å². The number of benzene rings is 2. The van der Waals surface area contributed by atoms with Crippen LogP contribution in [0.3, 0.4) is 0 Å². The molecule has 2 aromatic carbocycles. The molecule has 9 nitrogen and oxygen atoms in total. The molecule has 2 fully saturated rings. The summed E-state index contributed by atoms with van der Waals surface area (Å²) in [5.74, 6) is -2.54. The summed E-state index contributed by atoms with van der Waals surface area (Å²) < 4.78 is 103. The van der Waals surface area contributed by atoms with Gasteiger partial charge in [-0.25, -0.2) is 18.4 Å². The van der Waals surface area contributed by atoms with E-state index in [1.807, 2.05) is 0 Å². The van der Waals surface area contributed by atoms with Crippen LogP contribution >= 0.6 is 33.9 Å². The Bertz CT molecular complexity index is 2030. The predicted octanol–water partition coefficient (Wildman–Crippen LogP) is 9.49. The fourth-order valence-electron chi connectivity index (χ4n) is 6.42. The maximum absolute atomic E-state index is 16.7. The Kier molecular flexibility index (Phi) is 9.09. The Morgan fingerprint density at radius 1 is 0.960 bits per heavy atom. The molecule has 17 heteroatoms. The number of ether oxygens (including phenoxy) is 2. The molecule has 4 heterocycles. The van der Waals surface area contributed by atoms with E-state index in [1.165, 1.54) is 0 Å². The van der Waals surface area contributed by atoms with Crippen molar-refractivity contribution in [2.24, 2.45) is 0 Å². The highest BCUT2D eigenvalue weighted by Crippen LogP contribution is 2.49. The second-order valence-electron chi connectivity index (χ2n) is 14.2. The van der Waals surface area contributed by atoms with E-state index in [4.69, 9.17) is 9.47 Å². The Morgan fingerprint density at radius 3 is 2.16 bits per heavy atom. The van der Waals surface area contributed by atoms with Crippen LogP contribution in [0.2, 0.25) is 0 Å². The predicted molar refractivity (Wildman–Crippen MR) is 185 cm³/mol. The first-order valence-electron chi connectivity index (χ1n) is 15.6. The molecule has 0 unspecified atom stereocenters. The molecule has 2 aliphatic heterocycles. The summed E-state index contributed by atoms with van der Waals surface area (Å²) in [7, 11) is 0. The number of hydrogen-bond donors (Lipinski definition) is 1. The summed E-state index contributed by atoms with van der Waals surface area (Å²) in [6, 6.07) is 1.78. The third-order valence-corrected chi connectivity index (χ3v) is 10.7. The number of carbonyl (C=O) groups excluding carboxylic acids is 2. The lowest BCUT2D eigenvalue weighted by molar-refractivity contribution is -0.137. The number of alkyl halides is 3. The van der Waals surface area contributed by atoms with Crippen LogP contribution in [0.4, 0.5) is 46.8 Å². The number of fused-ring (bicyclic) bond motifs is 4. The highest BCUT2D eigenvalue weighted by atomic mass is 127. The standard InChI is InChI=1S/C33H32F6IN5O4S/c1-31(2,3)48-29(46)43-27-23(40)21-16(9-10-19(34)25(21)50-27)20-18(33(37,38)39)11-17-24(22(20)35)41-28(36)42-26(17)44-12-14-7-8-15(13-44)45(14)30(47)49-32(4,5)6/h9-11,14-15H,7-8,12-13H2,1-6H3,(H,43,46)/t14-,15+. The number of hydrogen-bond acceptors (Lipinski definition) is 8. The quantitative estimate of drug-likeness (QED) is 0.125. The minimum Gasteiger partial charge on any atom is -0.444 e. The van der Waals surface area contributed by atoms with E-state index in [-0.39, 0.29) is 48.5 Å². The van der Waals surface area contributed by atoms with Crippen molar-refractivity contribution < 1.29 is 45.4 Å². The van der Waals surface area contributed by atoms with Gasteiger partial charge in [0.2, 0.25) is 0 Å². The fraction of sp³-hybridized carbons (Fsp3) is 0.455. The zero-order valence-corrected chi connectivity index (χ0v) is 30.7. The molecule has 6 rings (SSSR count). The van der Waals surface area contributed by atoms with Gasteiger partial charge >= 0.3 is 24.4 Å². The second kappa shape index (κ2) is 12.6. The van der Waals surface area contributed by atoms with E-state index in [0.29, 0.717) is 18.9 Å². The molecular weight excluding hydrogens is 803 g/mol. The summed E-state index contributed by atoms with van der Waals surface area (Å²) in [5, 5.41) is 2.10. The van der Waals surface area contributed by atoms with Crippen molar-refractivity contribution in [1.82, 2.24) is 14.9 Å². The smallest absolute Gasteiger partial charge is 0.417 e. The third-order valence-electron chi connectivity index (χ3n) is 8.19. The molecule has 0 aliphatic carbocycles. The lowest BCUT2D eigenvalue weighted by Gasteiger charge is -2.42. The van der Waals surface area contributed by atoms with E-state index in [1.54, 1.807) is 73.9 Å². The van der Waals surface area contributed by atoms with E-state index in [9.17, 15) is 22.8 Å². The maximum Gasteiger partial charge on any atom is 0.417 e. The molecule has 2 bridgehead atoms. The monoisotopic (exact) mass is 835 g/mol. The van der Waals surface area contributed by atoms with Crippen LogP contribution in [0.15, 0.2) is 18.2 Å². The molecule has 50 heavy (non-hydrogen) atoms. The molecule has 0 saturated carbocycles. The Labute approximate surface area is 300 Å².